The molecule has 1 saturated carbocycles. The molecule has 122 valence electrons. The number of hydrogen-bond acceptors (Lipinski definition) is 3. The molecule has 0 aromatic heterocycles. The first kappa shape index (κ1) is 17.0. The predicted molar refractivity (Wildman–Crippen MR) is 88.2 cm³/mol. The topological polar surface area (TPSA) is 64.3 Å². The lowest BCUT2D eigenvalue weighted by Crippen LogP contribution is -2.37. The first-order chi connectivity index (χ1) is 10.7. The summed E-state index contributed by atoms with van der Waals surface area (Å²) < 4.78 is 5.62. The second-order valence-corrected chi connectivity index (χ2v) is 6.16. The second-order valence-electron chi connectivity index (χ2n) is 6.16. The van der Waals surface area contributed by atoms with Crippen LogP contribution in [0.25, 0.3) is 0 Å². The first-order valence-corrected chi connectivity index (χ1v) is 8.38. The number of benzene rings is 1. The molecule has 1 aliphatic carbocycles. The molecule has 1 aromatic rings. The molecule has 4 heteroatoms. The molecule has 1 amide bonds. The van der Waals surface area contributed by atoms with E-state index in [0.717, 1.165) is 49.8 Å². The summed E-state index contributed by atoms with van der Waals surface area (Å²) in [6, 6.07) is 8.31. The van der Waals surface area contributed by atoms with Crippen LogP contribution in [0, 0.1) is 5.92 Å². The van der Waals surface area contributed by atoms with Crippen molar-refractivity contribution in [3.8, 4) is 0 Å². The molecule has 3 N–H and O–H groups in total. The molecule has 0 spiro atoms. The number of nitrogens with two attached hydrogens (primary N) is 1. The van der Waals surface area contributed by atoms with E-state index in [4.69, 9.17) is 10.5 Å². The first-order valence-electron chi connectivity index (χ1n) is 8.38. The fourth-order valence-corrected chi connectivity index (χ4v) is 2.99. The maximum Gasteiger partial charge on any atom is 0.223 e. The van der Waals surface area contributed by atoms with Crippen LogP contribution < -0.4 is 11.1 Å². The van der Waals surface area contributed by atoms with E-state index in [-0.39, 0.29) is 17.9 Å². The van der Waals surface area contributed by atoms with Crippen LogP contribution in [-0.2, 0) is 22.7 Å². The monoisotopic (exact) mass is 304 g/mol. The van der Waals surface area contributed by atoms with Crippen molar-refractivity contribution >= 4 is 5.91 Å². The maximum absolute atomic E-state index is 12.3. The Morgan fingerprint density at radius 2 is 2.09 bits per heavy atom. The van der Waals surface area contributed by atoms with Crippen molar-refractivity contribution < 1.29 is 9.53 Å². The number of carbonyl (C=O) groups excluding carboxylic acids is 1. The number of carbonyl (C=O) groups is 1. The minimum atomic E-state index is 0.0762. The zero-order valence-corrected chi connectivity index (χ0v) is 13.5. The lowest BCUT2D eigenvalue weighted by atomic mass is 9.85. The minimum absolute atomic E-state index is 0.0762. The van der Waals surface area contributed by atoms with E-state index in [1.807, 2.05) is 12.1 Å². The van der Waals surface area contributed by atoms with Gasteiger partial charge in [0.25, 0.3) is 0 Å². The summed E-state index contributed by atoms with van der Waals surface area (Å²) in [4.78, 5) is 12.3. The zero-order chi connectivity index (χ0) is 15.8. The summed E-state index contributed by atoms with van der Waals surface area (Å²) in [5, 5.41) is 3.07. The molecule has 1 aliphatic rings. The Hall–Kier alpha value is -1.39. The minimum Gasteiger partial charge on any atom is -0.377 e. The molecule has 1 aromatic carbocycles. The van der Waals surface area contributed by atoms with Crippen LogP contribution in [0.2, 0.25) is 0 Å². The third kappa shape index (κ3) is 5.11. The van der Waals surface area contributed by atoms with Crippen molar-refractivity contribution in [2.45, 2.75) is 58.2 Å². The van der Waals surface area contributed by atoms with Gasteiger partial charge in [0.05, 0.1) is 6.61 Å². The highest BCUT2D eigenvalue weighted by atomic mass is 16.5. The summed E-state index contributed by atoms with van der Waals surface area (Å²) >= 11 is 0. The molecule has 2 unspecified atom stereocenters. The highest BCUT2D eigenvalue weighted by Crippen LogP contribution is 2.23. The predicted octanol–water partition coefficient (Wildman–Crippen LogP) is 2.75. The van der Waals surface area contributed by atoms with Crippen molar-refractivity contribution in [3.63, 3.8) is 0 Å². The number of ether oxygens (including phenoxy) is 1. The number of nitrogens with one attached hydrogen (secondary N) is 1. The van der Waals surface area contributed by atoms with E-state index in [0.29, 0.717) is 13.2 Å². The average Bonchev–Trinajstić information content (AvgIpc) is 2.54. The van der Waals surface area contributed by atoms with Gasteiger partial charge in [0, 0.05) is 25.1 Å². The summed E-state index contributed by atoms with van der Waals surface area (Å²) in [7, 11) is 0. The molecule has 0 aliphatic heterocycles. The van der Waals surface area contributed by atoms with Gasteiger partial charge < -0.3 is 15.8 Å². The number of amides is 1. The van der Waals surface area contributed by atoms with Gasteiger partial charge in [-0.25, -0.2) is 0 Å². The molecule has 2 rings (SSSR count). The van der Waals surface area contributed by atoms with Gasteiger partial charge in [0.1, 0.15) is 0 Å². The molecule has 4 nitrogen and oxygen atoms in total. The Kier molecular flexibility index (Phi) is 6.87. The Balaban J connectivity index is 1.86. The van der Waals surface area contributed by atoms with Crippen LogP contribution in [-0.4, -0.2) is 18.6 Å². The summed E-state index contributed by atoms with van der Waals surface area (Å²) in [6.45, 7) is 4.03. The fraction of sp³-hybridized carbons (Fsp3) is 0.611. The summed E-state index contributed by atoms with van der Waals surface area (Å²) in [5.41, 5.74) is 8.25. The van der Waals surface area contributed by atoms with Gasteiger partial charge in [-0.2, -0.15) is 0 Å². The summed E-state index contributed by atoms with van der Waals surface area (Å²) in [6.07, 6.45) is 4.89. The molecular weight excluding hydrogens is 276 g/mol. The van der Waals surface area contributed by atoms with Gasteiger partial charge in [-0.3, -0.25) is 4.79 Å². The molecule has 0 bridgehead atoms. The average molecular weight is 304 g/mol. The molecular formula is C18H28N2O2. The Morgan fingerprint density at radius 1 is 1.32 bits per heavy atom. The van der Waals surface area contributed by atoms with Crippen LogP contribution in [0.3, 0.4) is 0 Å². The Morgan fingerprint density at radius 3 is 2.82 bits per heavy atom. The van der Waals surface area contributed by atoms with E-state index < -0.39 is 0 Å². The lowest BCUT2D eigenvalue weighted by Gasteiger charge is -2.25. The van der Waals surface area contributed by atoms with Crippen LogP contribution >= 0.6 is 0 Å². The number of rotatable bonds is 7. The molecule has 2 atom stereocenters. The standard InChI is InChI=1S/C18H28N2O2/c1-2-10-22-13-16-7-4-3-6-15(16)12-20-18(21)14-8-5-9-17(19)11-14/h3-4,6-7,14,17H,2,5,8-13,19H2,1H3,(H,20,21). The number of hydrogen-bond donors (Lipinski definition) is 2. The SMILES string of the molecule is CCCOCc1ccccc1CNC(=O)C1CCCC(N)C1. The fourth-order valence-electron chi connectivity index (χ4n) is 2.99. The van der Waals surface area contributed by atoms with Crippen LogP contribution in [0.1, 0.15) is 50.2 Å². The quantitative estimate of drug-likeness (QED) is 0.761. The van der Waals surface area contributed by atoms with Gasteiger partial charge in [-0.05, 0) is 36.8 Å². The smallest absolute Gasteiger partial charge is 0.223 e. The van der Waals surface area contributed by atoms with Crippen LogP contribution in [0.15, 0.2) is 24.3 Å². The van der Waals surface area contributed by atoms with Crippen molar-refractivity contribution in [2.24, 2.45) is 11.7 Å². The van der Waals surface area contributed by atoms with Gasteiger partial charge in [0.2, 0.25) is 5.91 Å². The van der Waals surface area contributed by atoms with Gasteiger partial charge in [0.15, 0.2) is 0 Å². The highest BCUT2D eigenvalue weighted by molar-refractivity contribution is 5.78. The lowest BCUT2D eigenvalue weighted by molar-refractivity contribution is -0.126. The largest absolute Gasteiger partial charge is 0.377 e. The Bertz CT molecular complexity index is 476. The van der Waals surface area contributed by atoms with Crippen molar-refractivity contribution in [3.05, 3.63) is 35.4 Å². The molecule has 0 heterocycles. The maximum atomic E-state index is 12.3. The van der Waals surface area contributed by atoms with Crippen molar-refractivity contribution in [1.82, 2.24) is 5.32 Å². The highest BCUT2D eigenvalue weighted by Gasteiger charge is 2.25. The molecule has 1 fully saturated rings. The van der Waals surface area contributed by atoms with Crippen molar-refractivity contribution in [1.29, 1.82) is 0 Å². The Labute approximate surface area is 133 Å². The molecule has 22 heavy (non-hydrogen) atoms. The van der Waals surface area contributed by atoms with Gasteiger partial charge in [-0.1, -0.05) is 37.6 Å². The molecule has 0 radical (unpaired) electrons. The normalized spacial score (nSPS) is 21.5. The summed E-state index contributed by atoms with van der Waals surface area (Å²) in [5.74, 6) is 0.215. The third-order valence-corrected chi connectivity index (χ3v) is 4.26. The third-order valence-electron chi connectivity index (χ3n) is 4.26. The second kappa shape index (κ2) is 8.91. The van der Waals surface area contributed by atoms with E-state index in [2.05, 4.69) is 24.4 Å². The van der Waals surface area contributed by atoms with E-state index in [1.165, 1.54) is 0 Å². The van der Waals surface area contributed by atoms with Crippen LogP contribution in [0.4, 0.5) is 0 Å². The van der Waals surface area contributed by atoms with Crippen molar-refractivity contribution in [2.75, 3.05) is 6.61 Å². The van der Waals surface area contributed by atoms with E-state index in [1.54, 1.807) is 0 Å². The van der Waals surface area contributed by atoms with Gasteiger partial charge in [-0.15, -0.1) is 0 Å². The molecule has 0 saturated heterocycles. The van der Waals surface area contributed by atoms with Gasteiger partial charge >= 0.3 is 0 Å². The zero-order valence-electron chi connectivity index (χ0n) is 13.5. The van der Waals surface area contributed by atoms with Crippen LogP contribution in [0.5, 0.6) is 0 Å². The van der Waals surface area contributed by atoms with E-state index in [9.17, 15) is 4.79 Å². The van der Waals surface area contributed by atoms with E-state index >= 15 is 0 Å².